The molecule has 24 heavy (non-hydrogen) atoms. The summed E-state index contributed by atoms with van der Waals surface area (Å²) in [5.74, 6) is 0.572. The second-order valence-electron chi connectivity index (χ2n) is 4.71. The third kappa shape index (κ3) is 6.74. The molecule has 0 atom stereocenters. The molecule has 2 aromatic carbocycles. The van der Waals surface area contributed by atoms with Crippen molar-refractivity contribution in [2.24, 2.45) is 0 Å². The minimum Gasteiger partial charge on any atom is -0.487 e. The van der Waals surface area contributed by atoms with Gasteiger partial charge in [0.25, 0.3) is 0 Å². The zero-order chi connectivity index (χ0) is 17.4. The van der Waals surface area contributed by atoms with E-state index in [0.29, 0.717) is 18.0 Å². The van der Waals surface area contributed by atoms with Gasteiger partial charge in [0, 0.05) is 0 Å². The van der Waals surface area contributed by atoms with Gasteiger partial charge in [0.1, 0.15) is 19.0 Å². The van der Waals surface area contributed by atoms with Gasteiger partial charge in [0.2, 0.25) is 3.79 Å². The van der Waals surface area contributed by atoms with Crippen LogP contribution in [0, 0.1) is 0 Å². The van der Waals surface area contributed by atoms with Crippen molar-refractivity contribution >= 4 is 46.6 Å². The molecule has 0 saturated carbocycles. The number of alkyl halides is 3. The van der Waals surface area contributed by atoms with E-state index in [4.69, 9.17) is 44.3 Å². The SMILES string of the molecule is O=C(NNc1ccccc1OCc1ccccc1)OCC(Cl)(Cl)Cl. The monoisotopic (exact) mass is 388 g/mol. The summed E-state index contributed by atoms with van der Waals surface area (Å²) in [6.07, 6.45) is -0.779. The highest BCUT2D eigenvalue weighted by atomic mass is 35.6. The molecule has 0 radical (unpaired) electrons. The molecule has 0 heterocycles. The van der Waals surface area contributed by atoms with Crippen LogP contribution >= 0.6 is 34.8 Å². The molecule has 0 unspecified atom stereocenters. The normalized spacial score (nSPS) is 10.8. The smallest absolute Gasteiger partial charge is 0.426 e. The van der Waals surface area contributed by atoms with Crippen molar-refractivity contribution in [3.63, 3.8) is 0 Å². The summed E-state index contributed by atoms with van der Waals surface area (Å²) in [4.78, 5) is 11.5. The van der Waals surface area contributed by atoms with Crippen LogP contribution in [0.25, 0.3) is 0 Å². The third-order valence-electron chi connectivity index (χ3n) is 2.79. The number of hydrogen-bond donors (Lipinski definition) is 2. The van der Waals surface area contributed by atoms with Crippen LogP contribution < -0.4 is 15.6 Å². The maximum Gasteiger partial charge on any atom is 0.426 e. The van der Waals surface area contributed by atoms with Crippen molar-refractivity contribution in [1.82, 2.24) is 5.43 Å². The largest absolute Gasteiger partial charge is 0.487 e. The average molecular weight is 390 g/mol. The van der Waals surface area contributed by atoms with Gasteiger partial charge in [-0.05, 0) is 17.7 Å². The van der Waals surface area contributed by atoms with E-state index in [-0.39, 0.29) is 6.61 Å². The lowest BCUT2D eigenvalue weighted by Crippen LogP contribution is -2.32. The third-order valence-corrected chi connectivity index (χ3v) is 3.12. The minimum absolute atomic E-state index is 0.364. The molecule has 0 spiro atoms. The van der Waals surface area contributed by atoms with Gasteiger partial charge < -0.3 is 9.47 Å². The van der Waals surface area contributed by atoms with E-state index in [1.165, 1.54) is 0 Å². The van der Waals surface area contributed by atoms with E-state index in [2.05, 4.69) is 10.9 Å². The Morgan fingerprint density at radius 3 is 2.38 bits per heavy atom. The minimum atomic E-state index is -1.66. The lowest BCUT2D eigenvalue weighted by atomic mass is 10.2. The van der Waals surface area contributed by atoms with E-state index in [9.17, 15) is 4.79 Å². The molecular weight excluding hydrogens is 375 g/mol. The Morgan fingerprint density at radius 1 is 1.00 bits per heavy atom. The fraction of sp³-hybridized carbons (Fsp3) is 0.188. The summed E-state index contributed by atoms with van der Waals surface area (Å²) in [6, 6.07) is 16.9. The predicted molar refractivity (Wildman–Crippen MR) is 95.6 cm³/mol. The number of anilines is 1. The zero-order valence-corrected chi connectivity index (χ0v) is 14.7. The number of halogens is 3. The highest BCUT2D eigenvalue weighted by Gasteiger charge is 2.22. The van der Waals surface area contributed by atoms with Crippen LogP contribution in [0.4, 0.5) is 10.5 Å². The number of carbonyl (C=O) groups is 1. The average Bonchev–Trinajstić information content (AvgIpc) is 2.57. The summed E-state index contributed by atoms with van der Waals surface area (Å²) in [5, 5.41) is 0. The van der Waals surface area contributed by atoms with Gasteiger partial charge in [-0.3, -0.25) is 5.43 Å². The number of rotatable bonds is 6. The molecule has 5 nitrogen and oxygen atoms in total. The summed E-state index contributed by atoms with van der Waals surface area (Å²) < 4.78 is 8.84. The number of ether oxygens (including phenoxy) is 2. The van der Waals surface area contributed by atoms with Crippen molar-refractivity contribution in [2.45, 2.75) is 10.4 Å². The second kappa shape index (κ2) is 8.87. The van der Waals surface area contributed by atoms with Crippen LogP contribution in [0.1, 0.15) is 5.56 Å². The molecule has 0 saturated heterocycles. The predicted octanol–water partition coefficient (Wildman–Crippen LogP) is 4.69. The quantitative estimate of drug-likeness (QED) is 0.556. The van der Waals surface area contributed by atoms with Crippen molar-refractivity contribution < 1.29 is 14.3 Å². The van der Waals surface area contributed by atoms with Crippen molar-refractivity contribution in [3.8, 4) is 5.75 Å². The molecule has 0 aliphatic rings. The van der Waals surface area contributed by atoms with Crippen LogP contribution in [-0.2, 0) is 11.3 Å². The van der Waals surface area contributed by atoms with Crippen LogP contribution in [-0.4, -0.2) is 16.5 Å². The van der Waals surface area contributed by atoms with Crippen LogP contribution in [0.2, 0.25) is 0 Å². The van der Waals surface area contributed by atoms with Gasteiger partial charge in [0.15, 0.2) is 0 Å². The molecule has 128 valence electrons. The number of benzene rings is 2. The van der Waals surface area contributed by atoms with Crippen LogP contribution in [0.5, 0.6) is 5.75 Å². The van der Waals surface area contributed by atoms with Gasteiger partial charge in [-0.2, -0.15) is 0 Å². The fourth-order valence-electron chi connectivity index (χ4n) is 1.73. The first kappa shape index (κ1) is 18.5. The summed E-state index contributed by atoms with van der Waals surface area (Å²) >= 11 is 16.5. The highest BCUT2D eigenvalue weighted by Crippen LogP contribution is 2.26. The number of hydrazine groups is 1. The van der Waals surface area contributed by atoms with Crippen molar-refractivity contribution in [1.29, 1.82) is 0 Å². The number of amides is 1. The Kier molecular flexibility index (Phi) is 6.85. The molecular formula is C16H15Cl3N2O3. The Labute approximate surface area is 154 Å². The van der Waals surface area contributed by atoms with Crippen molar-refractivity contribution in [2.75, 3.05) is 12.0 Å². The van der Waals surface area contributed by atoms with Gasteiger partial charge >= 0.3 is 6.09 Å². The van der Waals surface area contributed by atoms with E-state index in [1.807, 2.05) is 36.4 Å². The maximum atomic E-state index is 11.5. The fourth-order valence-corrected chi connectivity index (χ4v) is 1.90. The number of para-hydroxylation sites is 2. The Balaban J connectivity index is 1.88. The van der Waals surface area contributed by atoms with Crippen LogP contribution in [0.15, 0.2) is 54.6 Å². The Hall–Kier alpha value is -1.82. The van der Waals surface area contributed by atoms with Gasteiger partial charge in [0.05, 0.1) is 5.69 Å². The first-order valence-corrected chi connectivity index (χ1v) is 8.09. The topological polar surface area (TPSA) is 59.6 Å². The van der Waals surface area contributed by atoms with Gasteiger partial charge in [-0.15, -0.1) is 0 Å². The number of carbonyl (C=O) groups excluding carboxylic acids is 1. The summed E-state index contributed by atoms with van der Waals surface area (Å²) in [5.41, 5.74) is 6.65. The molecule has 2 N–H and O–H groups in total. The molecule has 1 amide bonds. The van der Waals surface area contributed by atoms with Crippen molar-refractivity contribution in [3.05, 3.63) is 60.2 Å². The molecule has 8 heteroatoms. The molecule has 0 bridgehead atoms. The standard InChI is InChI=1S/C16H15Cl3N2O3/c17-16(18,19)11-24-15(22)21-20-13-8-4-5-9-14(13)23-10-12-6-2-1-3-7-12/h1-9,20H,10-11H2,(H,21,22). The molecule has 2 rings (SSSR count). The summed E-state index contributed by atoms with van der Waals surface area (Å²) in [7, 11) is 0. The zero-order valence-electron chi connectivity index (χ0n) is 12.5. The lowest BCUT2D eigenvalue weighted by molar-refractivity contribution is 0.150. The van der Waals surface area contributed by atoms with E-state index in [1.54, 1.807) is 18.2 Å². The Morgan fingerprint density at radius 2 is 1.67 bits per heavy atom. The summed E-state index contributed by atoms with van der Waals surface area (Å²) in [6.45, 7) is 0.0363. The number of hydrogen-bond acceptors (Lipinski definition) is 4. The highest BCUT2D eigenvalue weighted by molar-refractivity contribution is 6.67. The molecule has 0 aromatic heterocycles. The van der Waals surface area contributed by atoms with Gasteiger partial charge in [-0.1, -0.05) is 77.3 Å². The lowest BCUT2D eigenvalue weighted by Gasteiger charge is -2.15. The first-order valence-electron chi connectivity index (χ1n) is 6.95. The Bertz CT molecular complexity index is 663. The molecule has 2 aromatic rings. The van der Waals surface area contributed by atoms with Crippen LogP contribution in [0.3, 0.4) is 0 Å². The van der Waals surface area contributed by atoms with Gasteiger partial charge in [-0.25, -0.2) is 10.2 Å². The van der Waals surface area contributed by atoms with E-state index < -0.39 is 9.89 Å². The number of nitrogens with one attached hydrogen (secondary N) is 2. The molecule has 0 fully saturated rings. The maximum absolute atomic E-state index is 11.5. The van der Waals surface area contributed by atoms with E-state index >= 15 is 0 Å². The molecule has 0 aliphatic heterocycles. The second-order valence-corrected chi connectivity index (χ2v) is 7.23. The first-order chi connectivity index (χ1) is 11.4. The van der Waals surface area contributed by atoms with E-state index in [0.717, 1.165) is 5.56 Å². The molecule has 0 aliphatic carbocycles.